The Hall–Kier alpha value is -7.15. The first-order chi connectivity index (χ1) is 24.7. The predicted molar refractivity (Wildman–Crippen MR) is 193 cm³/mol. The van der Waals surface area contributed by atoms with Crippen molar-refractivity contribution < 1.29 is 4.42 Å². The molecule has 6 nitrogen and oxygen atoms in total. The average molecular weight is 640 g/mol. The summed E-state index contributed by atoms with van der Waals surface area (Å²) >= 11 is 0. The fraction of sp³-hybridized carbons (Fsp3) is 0.0227. The quantitative estimate of drug-likeness (QED) is 0.186. The van der Waals surface area contributed by atoms with Crippen molar-refractivity contribution in [2.45, 2.75) is 5.41 Å². The van der Waals surface area contributed by atoms with Crippen LogP contribution in [0.15, 0.2) is 156 Å². The molecule has 0 saturated carbocycles. The van der Waals surface area contributed by atoms with Crippen LogP contribution in [0.3, 0.4) is 0 Å². The molecule has 0 fully saturated rings. The molecule has 1 atom stereocenters. The molecule has 9 rings (SSSR count). The first-order valence-corrected chi connectivity index (χ1v) is 16.2. The number of aromatic nitrogens is 3. The van der Waals surface area contributed by atoms with Gasteiger partial charge in [0.1, 0.15) is 17.9 Å². The number of nitriles is 2. The van der Waals surface area contributed by atoms with E-state index in [9.17, 15) is 10.5 Å². The van der Waals surface area contributed by atoms with Crippen LogP contribution in [-0.4, -0.2) is 15.0 Å². The molecule has 50 heavy (non-hydrogen) atoms. The molecule has 2 heterocycles. The summed E-state index contributed by atoms with van der Waals surface area (Å²) < 4.78 is 5.86. The Labute approximate surface area is 288 Å². The Kier molecular flexibility index (Phi) is 6.69. The fourth-order valence-corrected chi connectivity index (χ4v) is 7.44. The third kappa shape index (κ3) is 4.30. The first-order valence-electron chi connectivity index (χ1n) is 16.2. The lowest BCUT2D eigenvalue weighted by molar-refractivity contribution is 0.614. The van der Waals surface area contributed by atoms with E-state index in [-0.39, 0.29) is 0 Å². The molecule has 0 amide bonds. The van der Waals surface area contributed by atoms with Gasteiger partial charge in [-0.1, -0.05) is 133 Å². The molecule has 6 heteroatoms. The molecule has 0 aliphatic heterocycles. The highest BCUT2D eigenvalue weighted by Gasteiger charge is 2.48. The molecule has 0 saturated heterocycles. The van der Waals surface area contributed by atoms with E-state index in [1.54, 1.807) is 0 Å². The van der Waals surface area contributed by atoms with E-state index in [2.05, 4.69) is 60.7 Å². The summed E-state index contributed by atoms with van der Waals surface area (Å²) in [5.74, 6) is 1.76. The fourth-order valence-electron chi connectivity index (χ4n) is 7.44. The molecule has 232 valence electrons. The van der Waals surface area contributed by atoms with Crippen molar-refractivity contribution in [3.05, 3.63) is 185 Å². The van der Waals surface area contributed by atoms with Crippen LogP contribution in [0.2, 0.25) is 0 Å². The van der Waals surface area contributed by atoms with Crippen LogP contribution < -0.4 is 0 Å². The van der Waals surface area contributed by atoms with Crippen LogP contribution in [0.1, 0.15) is 33.4 Å². The minimum absolute atomic E-state index is 0.438. The number of fused-ring (bicyclic) bond motifs is 5. The summed E-state index contributed by atoms with van der Waals surface area (Å²) in [5, 5.41) is 21.2. The van der Waals surface area contributed by atoms with Gasteiger partial charge in [0.05, 0.1) is 22.6 Å². The highest BCUT2D eigenvalue weighted by molar-refractivity contribution is 6.06. The monoisotopic (exact) mass is 639 g/mol. The van der Waals surface area contributed by atoms with Gasteiger partial charge in [0, 0.05) is 33.2 Å². The molecule has 1 aliphatic carbocycles. The second-order valence-electron chi connectivity index (χ2n) is 12.2. The highest BCUT2D eigenvalue weighted by atomic mass is 16.3. The van der Waals surface area contributed by atoms with Crippen molar-refractivity contribution in [1.82, 2.24) is 15.0 Å². The maximum Gasteiger partial charge on any atom is 0.164 e. The third-order valence-corrected chi connectivity index (χ3v) is 9.59. The normalized spacial score (nSPS) is 14.4. The van der Waals surface area contributed by atoms with Crippen LogP contribution in [0, 0.1) is 22.7 Å². The van der Waals surface area contributed by atoms with Crippen molar-refractivity contribution in [2.24, 2.45) is 0 Å². The summed E-state index contributed by atoms with van der Waals surface area (Å²) in [7, 11) is 0. The Morgan fingerprint density at radius 3 is 1.56 bits per heavy atom. The molecular formula is C44H25N5O. The van der Waals surface area contributed by atoms with Crippen molar-refractivity contribution in [3.8, 4) is 57.4 Å². The number of benzene rings is 6. The molecule has 0 spiro atoms. The number of furan rings is 1. The van der Waals surface area contributed by atoms with Gasteiger partial charge in [-0.2, -0.15) is 10.5 Å². The number of hydrogen-bond acceptors (Lipinski definition) is 6. The Morgan fingerprint density at radius 1 is 0.460 bits per heavy atom. The summed E-state index contributed by atoms with van der Waals surface area (Å²) in [6.07, 6.45) is 1.50. The van der Waals surface area contributed by atoms with Gasteiger partial charge in [0.25, 0.3) is 0 Å². The molecule has 8 aromatic rings. The smallest absolute Gasteiger partial charge is 0.164 e. The number of nitrogens with zero attached hydrogens (tertiary/aromatic N) is 5. The summed E-state index contributed by atoms with van der Waals surface area (Å²) in [4.78, 5) is 14.7. The molecule has 1 unspecified atom stereocenters. The zero-order valence-corrected chi connectivity index (χ0v) is 26.6. The van der Waals surface area contributed by atoms with Gasteiger partial charge in [-0.05, 0) is 34.4 Å². The second kappa shape index (κ2) is 11.5. The minimum Gasteiger partial charge on any atom is -0.463 e. The highest BCUT2D eigenvalue weighted by Crippen LogP contribution is 2.59. The molecule has 1 aliphatic rings. The Balaban J connectivity index is 1.29. The van der Waals surface area contributed by atoms with Gasteiger partial charge in [-0.25, -0.2) is 15.0 Å². The van der Waals surface area contributed by atoms with E-state index in [0.29, 0.717) is 34.2 Å². The Morgan fingerprint density at radius 2 is 0.980 bits per heavy atom. The standard InChI is InChI=1S/C44H25N5O/c45-25-31-15-10-18-35-38(31)40-36(23-24-37-39(40)32(26-46)27-50-37)44(35,33-16-8-3-9-17-33)34-21-19-30(20-22-34)43-48-41(28-11-4-1-5-12-28)47-42(49-43)29-13-6-2-7-14-29/h1-24,27H. The van der Waals surface area contributed by atoms with E-state index in [1.165, 1.54) is 6.26 Å². The Bertz CT molecular complexity index is 2600. The van der Waals surface area contributed by atoms with Gasteiger partial charge in [0.2, 0.25) is 0 Å². The van der Waals surface area contributed by atoms with Gasteiger partial charge in [-0.3, -0.25) is 0 Å². The molecule has 0 N–H and O–H groups in total. The van der Waals surface area contributed by atoms with E-state index in [4.69, 9.17) is 19.4 Å². The van der Waals surface area contributed by atoms with E-state index < -0.39 is 5.41 Å². The molecular weight excluding hydrogens is 615 g/mol. The van der Waals surface area contributed by atoms with Crippen molar-refractivity contribution >= 4 is 11.0 Å². The molecule has 0 bridgehead atoms. The van der Waals surface area contributed by atoms with Crippen LogP contribution in [0.4, 0.5) is 0 Å². The number of rotatable bonds is 5. The topological polar surface area (TPSA) is 99.4 Å². The lowest BCUT2D eigenvalue weighted by Gasteiger charge is -2.34. The van der Waals surface area contributed by atoms with Crippen molar-refractivity contribution in [3.63, 3.8) is 0 Å². The summed E-state index contributed by atoms with van der Waals surface area (Å²) in [5.41, 5.74) is 9.13. The zero-order chi connectivity index (χ0) is 33.7. The predicted octanol–water partition coefficient (Wildman–Crippen LogP) is 9.73. The van der Waals surface area contributed by atoms with Gasteiger partial charge >= 0.3 is 0 Å². The molecule has 2 aromatic heterocycles. The maximum absolute atomic E-state index is 10.4. The SMILES string of the molecule is N#Cc1cccc2c1-c1c(ccc3occ(C#N)c13)C2(c1ccccc1)c1ccc(-c2nc(-c3ccccc3)nc(-c3ccccc3)n2)cc1. The molecule has 6 aromatic carbocycles. The van der Waals surface area contributed by atoms with E-state index in [0.717, 1.165) is 55.5 Å². The summed E-state index contributed by atoms with van der Waals surface area (Å²) in [6.45, 7) is 0. The van der Waals surface area contributed by atoms with Gasteiger partial charge < -0.3 is 4.42 Å². The van der Waals surface area contributed by atoms with E-state index in [1.807, 2.05) is 97.1 Å². The van der Waals surface area contributed by atoms with Gasteiger partial charge in [-0.15, -0.1) is 0 Å². The van der Waals surface area contributed by atoms with Crippen LogP contribution in [0.5, 0.6) is 0 Å². The summed E-state index contributed by atoms with van der Waals surface area (Å²) in [6, 6.07) is 53.2. The van der Waals surface area contributed by atoms with Crippen LogP contribution in [0.25, 0.3) is 56.3 Å². The van der Waals surface area contributed by atoms with E-state index >= 15 is 0 Å². The second-order valence-corrected chi connectivity index (χ2v) is 12.2. The number of hydrogen-bond donors (Lipinski definition) is 0. The van der Waals surface area contributed by atoms with Crippen LogP contribution in [-0.2, 0) is 5.41 Å². The first kappa shape index (κ1) is 29.0. The third-order valence-electron chi connectivity index (χ3n) is 9.59. The maximum atomic E-state index is 10.4. The largest absolute Gasteiger partial charge is 0.463 e. The molecule has 0 radical (unpaired) electrons. The van der Waals surface area contributed by atoms with Crippen LogP contribution >= 0.6 is 0 Å². The van der Waals surface area contributed by atoms with Gasteiger partial charge in [0.15, 0.2) is 17.5 Å². The van der Waals surface area contributed by atoms with Crippen molar-refractivity contribution in [1.29, 1.82) is 10.5 Å². The minimum atomic E-state index is -0.793. The average Bonchev–Trinajstić information content (AvgIpc) is 3.76. The van der Waals surface area contributed by atoms with Crippen molar-refractivity contribution in [2.75, 3.05) is 0 Å². The zero-order valence-electron chi connectivity index (χ0n) is 26.6. The lowest BCUT2D eigenvalue weighted by Crippen LogP contribution is -2.28. The lowest BCUT2D eigenvalue weighted by atomic mass is 9.67.